The normalized spacial score (nSPS) is 18.9. The smallest absolute Gasteiger partial charge is 0.254 e. The highest BCUT2D eigenvalue weighted by Crippen LogP contribution is 2.36. The molecule has 0 N–H and O–H groups in total. The minimum absolute atomic E-state index is 0.0601. The van der Waals surface area contributed by atoms with E-state index in [1.165, 1.54) is 101 Å². The maximum atomic E-state index is 13.8. The SMILES string of the molecule is CC(C)(C)c1cc(CC2CCOCC2)ccc1F.CC(C)(C)c1ccc(OC2CCOCC2)cc1.CC(C)(C)c1cccc(C(=O)N2CCOCC2)c1.CC(Cc1cccc(C(C)(C)C)c1)C1CCOCC1.CC1(C)CC(Cc2cccc(C(C)(C)C)c2)CCO1.COc1cc(CC2CCOCC2)cc(C(C)(C)C)c1. The van der Waals surface area contributed by atoms with Crippen LogP contribution in [0.15, 0.2) is 133 Å². The molecule has 0 spiro atoms. The molecule has 610 valence electrons. The first-order chi connectivity index (χ1) is 51.7. The van der Waals surface area contributed by atoms with Crippen LogP contribution in [-0.4, -0.2) is 115 Å². The predicted octanol–water partition coefficient (Wildman–Crippen LogP) is 23.4. The summed E-state index contributed by atoms with van der Waals surface area (Å²) >= 11 is 0. The number of benzene rings is 6. The van der Waals surface area contributed by atoms with Crippen molar-refractivity contribution in [2.45, 2.75) is 279 Å². The van der Waals surface area contributed by atoms with Gasteiger partial charge in [0, 0.05) is 77.7 Å². The summed E-state index contributed by atoms with van der Waals surface area (Å²) in [6.45, 7) is 57.3. The number of methoxy groups -OCH3 is 1. The average Bonchev–Trinajstić information content (AvgIpc) is 0.838. The molecule has 1 amide bonds. The molecule has 11 heteroatoms. The molecule has 12 rings (SSSR count). The fraction of sp³-hybridized carbons (Fsp3) is 0.626. The summed E-state index contributed by atoms with van der Waals surface area (Å²) in [6.07, 6.45) is 16.4. The Kier molecular flexibility index (Phi) is 35.2. The van der Waals surface area contributed by atoms with Gasteiger partial charge in [0.05, 0.1) is 39.1 Å². The second kappa shape index (κ2) is 42.4. The molecule has 2 atom stereocenters. The van der Waals surface area contributed by atoms with Gasteiger partial charge in [-0.25, -0.2) is 4.39 Å². The molecule has 10 nitrogen and oxygen atoms in total. The van der Waals surface area contributed by atoms with Crippen molar-refractivity contribution in [3.63, 3.8) is 0 Å². The van der Waals surface area contributed by atoms with Crippen molar-refractivity contribution in [2.75, 3.05) is 92.9 Å². The molecule has 6 aromatic rings. The van der Waals surface area contributed by atoms with Gasteiger partial charge in [-0.15, -0.1) is 0 Å². The van der Waals surface area contributed by atoms with E-state index in [0.29, 0.717) is 38.3 Å². The summed E-state index contributed by atoms with van der Waals surface area (Å²) < 4.78 is 57.9. The molecule has 0 bridgehead atoms. The van der Waals surface area contributed by atoms with Crippen LogP contribution < -0.4 is 9.47 Å². The van der Waals surface area contributed by atoms with Crippen LogP contribution in [0.2, 0.25) is 0 Å². The Morgan fingerprint density at radius 1 is 0.436 bits per heavy atom. The molecule has 0 radical (unpaired) electrons. The number of ether oxygens (including phenoxy) is 8. The molecule has 6 aromatic carbocycles. The largest absolute Gasteiger partial charge is 0.497 e. The standard InChI is InChI=1S/2C18H28O.C17H26O2.C16H23FO.C15H21NO2.C15H22O2/c1-17(2,3)16-8-6-7-14(12-16)11-15-9-10-19-18(4,5)13-15;1-14(16-8-10-19-11-9-16)12-15-6-5-7-17(13-15)18(2,3)4;1-17(2,3)15-10-14(11-16(12-15)18-4)9-13-5-7-19-8-6-13;1-16(2,3)14-11-13(4-5-15(14)17)10-12-6-8-18-9-7-12;1-15(2,3)13-6-4-5-12(11-13)14(17)16-7-9-18-10-8-16;1-15(2,3)12-4-6-13(7-5-12)17-14-8-10-16-11-9-14/h6-8,12,15H,9-11,13H2,1-5H3;5-7,13-14,16H,8-12H2,1-4H3;10-13H,5-9H2,1-4H3;4-5,11-12H,6-10H2,1-3H3;4-6,11H,7-10H2,1-3H3;4-7,14H,8-11H2,1-3H3. The van der Waals surface area contributed by atoms with Gasteiger partial charge in [-0.1, -0.05) is 223 Å². The topological polar surface area (TPSA) is 94.2 Å². The quantitative estimate of drug-likeness (QED) is 0.112. The molecule has 0 aromatic heterocycles. The Hall–Kier alpha value is -5.92. The number of halogens is 1. The highest BCUT2D eigenvalue weighted by molar-refractivity contribution is 5.94. The van der Waals surface area contributed by atoms with Crippen molar-refractivity contribution >= 4 is 5.91 Å². The lowest BCUT2D eigenvalue weighted by molar-refractivity contribution is -0.0721. The zero-order valence-corrected chi connectivity index (χ0v) is 72.8. The van der Waals surface area contributed by atoms with Crippen LogP contribution in [0.1, 0.15) is 276 Å². The van der Waals surface area contributed by atoms with E-state index in [4.69, 9.17) is 37.9 Å². The van der Waals surface area contributed by atoms with Crippen molar-refractivity contribution in [1.82, 2.24) is 4.90 Å². The summed E-state index contributed by atoms with van der Waals surface area (Å²) in [4.78, 5) is 14.2. The molecule has 6 aliphatic rings. The van der Waals surface area contributed by atoms with E-state index in [1.54, 1.807) is 13.2 Å². The van der Waals surface area contributed by atoms with Gasteiger partial charge in [-0.05, 0) is 251 Å². The molecule has 6 heterocycles. The van der Waals surface area contributed by atoms with Crippen LogP contribution in [0.5, 0.6) is 11.5 Å². The minimum Gasteiger partial charge on any atom is -0.497 e. The van der Waals surface area contributed by atoms with Crippen molar-refractivity contribution in [3.05, 3.63) is 200 Å². The van der Waals surface area contributed by atoms with Gasteiger partial charge in [0.25, 0.3) is 5.91 Å². The third kappa shape index (κ3) is 31.8. The van der Waals surface area contributed by atoms with Crippen molar-refractivity contribution < 1.29 is 47.1 Å². The molecule has 6 aliphatic heterocycles. The van der Waals surface area contributed by atoms with E-state index in [-0.39, 0.29) is 49.8 Å². The molecule has 0 aliphatic carbocycles. The molecular weight excluding hydrogens is 1370 g/mol. The van der Waals surface area contributed by atoms with Crippen LogP contribution in [0.25, 0.3) is 0 Å². The molecule has 0 saturated carbocycles. The Labute approximate surface area is 668 Å². The Balaban J connectivity index is 0.000000184. The maximum Gasteiger partial charge on any atom is 0.254 e. The Bertz CT molecular complexity index is 3650. The average molecular weight is 1520 g/mol. The van der Waals surface area contributed by atoms with Gasteiger partial charge >= 0.3 is 0 Å². The van der Waals surface area contributed by atoms with Gasteiger partial charge in [-0.3, -0.25) is 4.79 Å². The minimum atomic E-state index is -0.129. The van der Waals surface area contributed by atoms with E-state index in [1.807, 2.05) is 35.2 Å². The number of hydrogen-bond acceptors (Lipinski definition) is 9. The summed E-state index contributed by atoms with van der Waals surface area (Å²) in [5.41, 5.74) is 14.9. The Morgan fingerprint density at radius 2 is 0.873 bits per heavy atom. The maximum absolute atomic E-state index is 13.8. The fourth-order valence-electron chi connectivity index (χ4n) is 15.3. The number of amides is 1. The van der Waals surface area contributed by atoms with Crippen LogP contribution in [-0.2, 0) is 86.6 Å². The number of morpholine rings is 1. The summed E-state index contributed by atoms with van der Waals surface area (Å²) in [5.74, 6) is 5.80. The van der Waals surface area contributed by atoms with Crippen LogP contribution >= 0.6 is 0 Å². The number of carbonyl (C=O) groups excluding carboxylic acids is 1. The first-order valence-electron chi connectivity index (χ1n) is 42.1. The van der Waals surface area contributed by atoms with E-state index < -0.39 is 0 Å². The van der Waals surface area contributed by atoms with Gasteiger partial charge in [0.2, 0.25) is 0 Å². The van der Waals surface area contributed by atoms with E-state index in [2.05, 4.69) is 242 Å². The number of hydrogen-bond donors (Lipinski definition) is 0. The van der Waals surface area contributed by atoms with Crippen molar-refractivity contribution in [1.29, 1.82) is 0 Å². The van der Waals surface area contributed by atoms with Crippen molar-refractivity contribution in [3.8, 4) is 11.5 Å². The molecule has 110 heavy (non-hydrogen) atoms. The number of nitrogens with zero attached hydrogens (tertiary/aromatic N) is 1. The second-order valence-electron chi connectivity index (χ2n) is 39.0. The highest BCUT2D eigenvalue weighted by atomic mass is 19.1. The van der Waals surface area contributed by atoms with Gasteiger partial charge in [0.1, 0.15) is 23.4 Å². The van der Waals surface area contributed by atoms with Crippen molar-refractivity contribution in [2.24, 2.45) is 29.6 Å². The van der Waals surface area contributed by atoms with Gasteiger partial charge in [-0.2, -0.15) is 0 Å². The zero-order valence-electron chi connectivity index (χ0n) is 72.8. The lowest BCUT2D eigenvalue weighted by atomic mass is 9.81. The highest BCUT2D eigenvalue weighted by Gasteiger charge is 2.31. The molecule has 6 saturated heterocycles. The second-order valence-corrected chi connectivity index (χ2v) is 39.0. The van der Waals surface area contributed by atoms with Gasteiger partial charge in [0.15, 0.2) is 0 Å². The first-order valence-corrected chi connectivity index (χ1v) is 42.1. The van der Waals surface area contributed by atoms with Gasteiger partial charge < -0.3 is 42.8 Å². The van der Waals surface area contributed by atoms with E-state index in [9.17, 15) is 9.18 Å². The summed E-state index contributed by atoms with van der Waals surface area (Å²) in [7, 11) is 1.75. The summed E-state index contributed by atoms with van der Waals surface area (Å²) in [6, 6.07) is 47.0. The third-order valence-electron chi connectivity index (χ3n) is 22.6. The Morgan fingerprint density at radius 3 is 1.38 bits per heavy atom. The van der Waals surface area contributed by atoms with Crippen LogP contribution in [0, 0.1) is 35.4 Å². The summed E-state index contributed by atoms with van der Waals surface area (Å²) in [5, 5.41) is 0. The fourth-order valence-corrected chi connectivity index (χ4v) is 15.3. The molecule has 2 unspecified atom stereocenters. The monoisotopic (exact) mass is 1510 g/mol. The van der Waals surface area contributed by atoms with Crippen LogP contribution in [0.4, 0.5) is 4.39 Å². The lowest BCUT2D eigenvalue weighted by Gasteiger charge is -2.35. The number of carbonyl (C=O) groups is 1. The van der Waals surface area contributed by atoms with E-state index in [0.717, 1.165) is 144 Å². The third-order valence-corrected chi connectivity index (χ3v) is 22.6. The zero-order chi connectivity index (χ0) is 80.5. The predicted molar refractivity (Wildman–Crippen MR) is 456 cm³/mol. The van der Waals surface area contributed by atoms with E-state index >= 15 is 0 Å². The molecular formula is C99H148FNO9. The van der Waals surface area contributed by atoms with Crippen LogP contribution in [0.3, 0.4) is 0 Å². The lowest BCUT2D eigenvalue weighted by Crippen LogP contribution is -2.40. The molecule has 6 fully saturated rings. The first kappa shape index (κ1) is 91.3. The number of rotatable bonds is 13.